The summed E-state index contributed by atoms with van der Waals surface area (Å²) in [5.74, 6) is 0.947. The summed E-state index contributed by atoms with van der Waals surface area (Å²) in [6, 6.07) is 24.2. The molecule has 0 aromatic heterocycles. The maximum Gasteiger partial charge on any atom is 0.254 e. The summed E-state index contributed by atoms with van der Waals surface area (Å²) >= 11 is 0. The number of benzene rings is 3. The first-order valence-electron chi connectivity index (χ1n) is 9.27. The van der Waals surface area contributed by atoms with Crippen LogP contribution < -0.4 is 4.74 Å². The van der Waals surface area contributed by atoms with Crippen LogP contribution in [0.4, 0.5) is 0 Å². The standard InChI is InChI=1S/C24H23NO2/c1-17-8-6-7-11-21(17)24(26)25-15-14-19-16-20(27-2)12-13-22(19)23(25)18-9-4-3-5-10-18/h3-13,16,23H,14-15H2,1-2H3. The molecule has 1 unspecified atom stereocenters. The van der Waals surface area contributed by atoms with E-state index < -0.39 is 0 Å². The molecule has 1 atom stereocenters. The van der Waals surface area contributed by atoms with Gasteiger partial charge in [0.25, 0.3) is 5.91 Å². The third-order valence-corrected chi connectivity index (χ3v) is 5.33. The normalized spacial score (nSPS) is 15.9. The Labute approximate surface area is 160 Å². The Morgan fingerprint density at radius 1 is 1.00 bits per heavy atom. The van der Waals surface area contributed by atoms with E-state index in [0.717, 1.165) is 28.9 Å². The molecule has 3 nitrogen and oxygen atoms in total. The topological polar surface area (TPSA) is 29.5 Å². The molecule has 0 spiro atoms. The Morgan fingerprint density at radius 2 is 1.74 bits per heavy atom. The Kier molecular flexibility index (Phi) is 4.68. The molecular weight excluding hydrogens is 334 g/mol. The van der Waals surface area contributed by atoms with Gasteiger partial charge in [0.1, 0.15) is 5.75 Å². The summed E-state index contributed by atoms with van der Waals surface area (Å²) in [6.07, 6.45) is 0.827. The molecule has 0 aliphatic carbocycles. The van der Waals surface area contributed by atoms with Crippen molar-refractivity contribution in [2.24, 2.45) is 0 Å². The van der Waals surface area contributed by atoms with E-state index >= 15 is 0 Å². The summed E-state index contributed by atoms with van der Waals surface area (Å²) in [5.41, 5.74) is 5.34. The number of rotatable bonds is 3. The van der Waals surface area contributed by atoms with E-state index in [-0.39, 0.29) is 11.9 Å². The van der Waals surface area contributed by atoms with Crippen LogP contribution >= 0.6 is 0 Å². The van der Waals surface area contributed by atoms with Gasteiger partial charge in [-0.2, -0.15) is 0 Å². The van der Waals surface area contributed by atoms with Gasteiger partial charge in [-0.25, -0.2) is 0 Å². The highest BCUT2D eigenvalue weighted by Gasteiger charge is 2.33. The fraction of sp³-hybridized carbons (Fsp3) is 0.208. The predicted octanol–water partition coefficient (Wildman–Crippen LogP) is 4.79. The van der Waals surface area contributed by atoms with Crippen LogP contribution in [0.5, 0.6) is 5.75 Å². The van der Waals surface area contributed by atoms with Crippen molar-refractivity contribution in [2.75, 3.05) is 13.7 Å². The number of aryl methyl sites for hydroxylation is 1. The molecule has 1 amide bonds. The van der Waals surface area contributed by atoms with E-state index in [9.17, 15) is 4.79 Å². The lowest BCUT2D eigenvalue weighted by molar-refractivity contribution is 0.0694. The lowest BCUT2D eigenvalue weighted by atomic mass is 9.87. The summed E-state index contributed by atoms with van der Waals surface area (Å²) < 4.78 is 5.40. The first-order valence-corrected chi connectivity index (χ1v) is 9.27. The zero-order valence-corrected chi connectivity index (χ0v) is 15.7. The number of hydrogen-bond donors (Lipinski definition) is 0. The molecule has 27 heavy (non-hydrogen) atoms. The van der Waals surface area contributed by atoms with Crippen molar-refractivity contribution in [3.63, 3.8) is 0 Å². The van der Waals surface area contributed by atoms with Crippen LogP contribution in [-0.4, -0.2) is 24.5 Å². The van der Waals surface area contributed by atoms with Gasteiger partial charge in [0.15, 0.2) is 0 Å². The van der Waals surface area contributed by atoms with Gasteiger partial charge >= 0.3 is 0 Å². The van der Waals surface area contributed by atoms with Crippen LogP contribution in [0.1, 0.15) is 38.7 Å². The minimum atomic E-state index is -0.0898. The number of carbonyl (C=O) groups is 1. The van der Waals surface area contributed by atoms with Gasteiger partial charge in [-0.15, -0.1) is 0 Å². The van der Waals surface area contributed by atoms with E-state index in [2.05, 4.69) is 24.3 Å². The van der Waals surface area contributed by atoms with Crippen molar-refractivity contribution in [3.8, 4) is 5.75 Å². The molecule has 0 saturated carbocycles. The Balaban J connectivity index is 1.81. The molecule has 0 N–H and O–H groups in total. The second-order valence-electron chi connectivity index (χ2n) is 6.94. The fourth-order valence-electron chi connectivity index (χ4n) is 3.91. The van der Waals surface area contributed by atoms with Crippen molar-refractivity contribution >= 4 is 5.91 Å². The van der Waals surface area contributed by atoms with Gasteiger partial charge in [0.2, 0.25) is 0 Å². The molecule has 0 bridgehead atoms. The second-order valence-corrected chi connectivity index (χ2v) is 6.94. The van der Waals surface area contributed by atoms with Crippen LogP contribution in [0.15, 0.2) is 72.8 Å². The number of hydrogen-bond acceptors (Lipinski definition) is 2. The Hall–Kier alpha value is -3.07. The molecule has 1 aliphatic heterocycles. The molecule has 3 aromatic carbocycles. The number of nitrogens with zero attached hydrogens (tertiary/aromatic N) is 1. The zero-order valence-electron chi connectivity index (χ0n) is 15.7. The zero-order chi connectivity index (χ0) is 18.8. The van der Waals surface area contributed by atoms with Gasteiger partial charge in [-0.1, -0.05) is 54.6 Å². The van der Waals surface area contributed by atoms with Crippen molar-refractivity contribution in [1.82, 2.24) is 4.90 Å². The van der Waals surface area contributed by atoms with Crippen LogP contribution in [0.2, 0.25) is 0 Å². The predicted molar refractivity (Wildman–Crippen MR) is 107 cm³/mol. The molecule has 3 aromatic rings. The number of ether oxygens (including phenoxy) is 1. The van der Waals surface area contributed by atoms with Crippen molar-refractivity contribution in [1.29, 1.82) is 0 Å². The van der Waals surface area contributed by atoms with Gasteiger partial charge in [0.05, 0.1) is 13.2 Å². The largest absolute Gasteiger partial charge is 0.497 e. The third-order valence-electron chi connectivity index (χ3n) is 5.33. The minimum Gasteiger partial charge on any atom is -0.497 e. The smallest absolute Gasteiger partial charge is 0.254 e. The average Bonchev–Trinajstić information content (AvgIpc) is 2.73. The molecular formula is C24H23NO2. The highest BCUT2D eigenvalue weighted by Crippen LogP contribution is 2.37. The van der Waals surface area contributed by atoms with Crippen molar-refractivity contribution in [3.05, 3.63) is 101 Å². The SMILES string of the molecule is COc1ccc2c(c1)CCN(C(=O)c1ccccc1C)C2c1ccccc1. The number of amides is 1. The van der Waals surface area contributed by atoms with Crippen LogP contribution in [0.3, 0.4) is 0 Å². The van der Waals surface area contributed by atoms with E-state index in [1.54, 1.807) is 7.11 Å². The van der Waals surface area contributed by atoms with E-state index in [1.165, 1.54) is 11.1 Å². The molecule has 0 saturated heterocycles. The lowest BCUT2D eigenvalue weighted by Crippen LogP contribution is -2.40. The molecule has 3 heteroatoms. The third kappa shape index (κ3) is 3.21. The summed E-state index contributed by atoms with van der Waals surface area (Å²) in [4.78, 5) is 15.4. The van der Waals surface area contributed by atoms with Gasteiger partial charge in [-0.05, 0) is 53.8 Å². The van der Waals surface area contributed by atoms with Crippen molar-refractivity contribution in [2.45, 2.75) is 19.4 Å². The monoisotopic (exact) mass is 357 g/mol. The second kappa shape index (κ2) is 7.28. The molecule has 1 heterocycles. The molecule has 0 radical (unpaired) electrons. The first kappa shape index (κ1) is 17.3. The van der Waals surface area contributed by atoms with Crippen LogP contribution in [0, 0.1) is 6.92 Å². The van der Waals surface area contributed by atoms with E-state index in [1.807, 2.05) is 60.4 Å². The summed E-state index contributed by atoms with van der Waals surface area (Å²) in [7, 11) is 1.69. The number of methoxy groups -OCH3 is 1. The molecule has 136 valence electrons. The lowest BCUT2D eigenvalue weighted by Gasteiger charge is -2.38. The Bertz CT molecular complexity index is 965. The molecule has 4 rings (SSSR count). The molecule has 1 aliphatic rings. The number of fused-ring (bicyclic) bond motifs is 1. The van der Waals surface area contributed by atoms with E-state index in [4.69, 9.17) is 4.74 Å². The van der Waals surface area contributed by atoms with E-state index in [0.29, 0.717) is 6.54 Å². The maximum absolute atomic E-state index is 13.4. The summed E-state index contributed by atoms with van der Waals surface area (Å²) in [5, 5.41) is 0. The quantitative estimate of drug-likeness (QED) is 0.674. The van der Waals surface area contributed by atoms with Gasteiger partial charge < -0.3 is 9.64 Å². The highest BCUT2D eigenvalue weighted by molar-refractivity contribution is 5.96. The Morgan fingerprint density at radius 3 is 2.48 bits per heavy atom. The van der Waals surface area contributed by atoms with Crippen LogP contribution in [-0.2, 0) is 6.42 Å². The van der Waals surface area contributed by atoms with Crippen molar-refractivity contribution < 1.29 is 9.53 Å². The minimum absolute atomic E-state index is 0.0865. The maximum atomic E-state index is 13.4. The summed E-state index contributed by atoms with van der Waals surface area (Å²) in [6.45, 7) is 2.68. The average molecular weight is 357 g/mol. The van der Waals surface area contributed by atoms with Gasteiger partial charge in [-0.3, -0.25) is 4.79 Å². The fourth-order valence-corrected chi connectivity index (χ4v) is 3.91. The molecule has 0 fully saturated rings. The highest BCUT2D eigenvalue weighted by atomic mass is 16.5. The van der Waals surface area contributed by atoms with Gasteiger partial charge in [0, 0.05) is 12.1 Å². The number of carbonyl (C=O) groups excluding carboxylic acids is 1. The van der Waals surface area contributed by atoms with Crippen LogP contribution in [0.25, 0.3) is 0 Å². The first-order chi connectivity index (χ1) is 13.2.